The summed E-state index contributed by atoms with van der Waals surface area (Å²) < 4.78 is 283. The van der Waals surface area contributed by atoms with Crippen LogP contribution in [0.1, 0.15) is 0 Å². The van der Waals surface area contributed by atoms with Gasteiger partial charge in [-0.1, -0.05) is 0 Å². The Morgan fingerprint density at radius 1 is 0.192 bits per heavy atom. The summed E-state index contributed by atoms with van der Waals surface area (Å²) in [5.74, 6) is 0. The van der Waals surface area contributed by atoms with Crippen LogP contribution in [-0.2, 0) is 393 Å². The van der Waals surface area contributed by atoms with Gasteiger partial charge in [-0.3, -0.25) is 0 Å². The van der Waals surface area contributed by atoms with Crippen molar-refractivity contribution in [2.24, 2.45) is 0 Å². The predicted octanol–water partition coefficient (Wildman–Crippen LogP) is -28.3. The van der Waals surface area contributed by atoms with E-state index in [1.807, 2.05) is 0 Å². The molecule has 274 valence electrons. The molecule has 0 bridgehead atoms. The molecule has 33 nitrogen and oxygen atoms in total. The molecule has 52 heavy (non-hydrogen) atoms. The third-order valence-corrected chi connectivity index (χ3v) is 0. The average molecular weight is 1600 g/mol. The smallest absolute Gasteiger partial charge is 3.00 e. The van der Waals surface area contributed by atoms with Crippen LogP contribution in [0.25, 0.3) is 0 Å². The molecule has 0 rings (SSSR count). The number of hydrogen-bond acceptors (Lipinski definition) is 33. The van der Waals surface area contributed by atoms with Crippen molar-refractivity contribution >= 4 is 75.5 Å². The minimum atomic E-state index is -4.08. The van der Waals surface area contributed by atoms with Crippen molar-refractivity contribution in [2.75, 3.05) is 0 Å². The minimum absolute atomic E-state index is 0. The third-order valence-electron chi connectivity index (χ3n) is 0. The zero-order chi connectivity index (χ0) is 39.4. The summed E-state index contributed by atoms with van der Waals surface area (Å²) in [4.78, 5) is 0. The van der Waals surface area contributed by atoms with E-state index < -0.39 is 205 Å². The summed E-state index contributed by atoms with van der Waals surface area (Å²) in [7, 11) is 0. The van der Waals surface area contributed by atoms with Crippen molar-refractivity contribution in [3.8, 4) is 0 Å². The monoisotopic (exact) mass is 1600 g/mol. The van der Waals surface area contributed by atoms with Crippen LogP contribution >= 0.6 is 0 Å². The Kier molecular flexibility index (Phi) is 289. The second-order valence-electron chi connectivity index (χ2n) is 2.75. The van der Waals surface area contributed by atoms with Crippen LogP contribution in [0, 0.1) is 0 Å². The molecule has 52 heteroatoms. The molecule has 0 aliphatic heterocycles. The van der Waals surface area contributed by atoms with Crippen LogP contribution in [0.5, 0.6) is 0 Å². The molecule has 0 saturated carbocycles. The van der Waals surface area contributed by atoms with E-state index in [1.54, 1.807) is 0 Å². The number of hydrogen-bond donors (Lipinski definition) is 0. The fraction of sp³-hybridized carbons (Fsp3) is 0. The second kappa shape index (κ2) is 120. The van der Waals surface area contributed by atoms with Crippen LogP contribution in [0.4, 0.5) is 0 Å². The van der Waals surface area contributed by atoms with Crippen LogP contribution in [0.15, 0.2) is 0 Å². The summed E-state index contributed by atoms with van der Waals surface area (Å²) in [6.45, 7) is 0. The molecule has 0 aromatic carbocycles. The van der Waals surface area contributed by atoms with E-state index >= 15 is 0 Å². The summed E-state index contributed by atoms with van der Waals surface area (Å²) >= 11 is -44.9. The fourth-order valence-corrected chi connectivity index (χ4v) is 0. The van der Waals surface area contributed by atoms with E-state index in [2.05, 4.69) is 0 Å². The Morgan fingerprint density at radius 2 is 0.192 bits per heavy atom. The molecule has 2 radical (unpaired) electrons. The molecule has 0 aliphatic rings. The SMILES string of the molecule is [Ca+2].[Ca+2].[Mn+2].[Mn+2].[O]=[Ti]([O-])[O-].[O]=[Ti]([O-])[O-].[O]=[Ti]([O-])[O-].[O]=[Ti]([O-])[O-].[O]=[Ti]([O-])[O-].[O]=[Ti]([O-])[O-].[O]=[Ti]([O-])[O-].[O]=[Ti]([O-])[O-].[O]=[Ti]([O-])[O-].[O]=[Ti]([O-])[O-].[O]=[Ti]([O-])[O-].[Y+3].[Y+3].[Zr+4].[Zr+4]. The van der Waals surface area contributed by atoms with Crippen LogP contribution in [-0.4, -0.2) is 75.5 Å². The van der Waals surface area contributed by atoms with Crippen molar-refractivity contribution < 1.29 is 474 Å². The van der Waals surface area contributed by atoms with Gasteiger partial charge in [-0.15, -0.1) is 0 Å². The standard InChI is InChI=1S/2Ca.2Mn.33O.11Ti.2Y.2Zr/q4*+2;;;;;;;;;;;;22*-1;;;;;;;;;;;;2*+3;2*+4. The molecular formula is Ca2Mn2O33Ti11Y2Zr2. The second-order valence-corrected chi connectivity index (χ2v) is 11.3. The van der Waals surface area contributed by atoms with Crippen molar-refractivity contribution in [1.82, 2.24) is 0 Å². The molecule has 0 atom stereocenters. The maximum Gasteiger partial charge on any atom is 4.00 e. The number of rotatable bonds is 0. The summed E-state index contributed by atoms with van der Waals surface area (Å²) in [5.41, 5.74) is 0. The van der Waals surface area contributed by atoms with Gasteiger partial charge in [-0.05, 0) is 0 Å². The van der Waals surface area contributed by atoms with Gasteiger partial charge in [0.15, 0.2) is 0 Å². The molecule has 0 unspecified atom stereocenters. The molecule has 0 aromatic rings. The Balaban J connectivity index is -0.0000000133. The van der Waals surface area contributed by atoms with Crippen molar-refractivity contribution in [1.29, 1.82) is 0 Å². The van der Waals surface area contributed by atoms with Crippen molar-refractivity contribution in [2.45, 2.75) is 0 Å². The van der Waals surface area contributed by atoms with Crippen LogP contribution < -0.4 is 81.1 Å². The van der Waals surface area contributed by atoms with E-state index in [0.717, 1.165) is 0 Å². The Morgan fingerprint density at radius 3 is 0.192 bits per heavy atom. The zero-order valence-corrected chi connectivity index (χ0v) is 57.8. The molecule has 0 N–H and O–H groups in total. The normalized spacial score (nSPS) is 5.50. The van der Waals surface area contributed by atoms with Gasteiger partial charge in [-0.25, -0.2) is 0 Å². The van der Waals surface area contributed by atoms with Gasteiger partial charge < -0.3 is 0 Å². The first-order valence-corrected chi connectivity index (χ1v) is 27.8. The molecule has 0 aromatic heterocycles. The largest absolute Gasteiger partial charge is 4.00 e. The van der Waals surface area contributed by atoms with Crippen molar-refractivity contribution in [3.63, 3.8) is 0 Å². The average Bonchev–Trinajstić information content (AvgIpc) is 2.55. The first-order chi connectivity index (χ1) is 19.1. The maximum atomic E-state index is 8.58. The molecule has 0 saturated heterocycles. The summed E-state index contributed by atoms with van der Waals surface area (Å²) in [6.07, 6.45) is 0. The first kappa shape index (κ1) is 126. The molecule has 0 fully saturated rings. The van der Waals surface area contributed by atoms with Crippen molar-refractivity contribution in [3.05, 3.63) is 0 Å². The van der Waals surface area contributed by atoms with Gasteiger partial charge in [0.2, 0.25) is 0 Å². The first-order valence-electron chi connectivity index (χ1n) is 6.74. The van der Waals surface area contributed by atoms with E-state index in [1.165, 1.54) is 0 Å². The van der Waals surface area contributed by atoms with Gasteiger partial charge in [0.25, 0.3) is 0 Å². The zero-order valence-electron chi connectivity index (χ0n) is 23.3. The van der Waals surface area contributed by atoms with Gasteiger partial charge in [0.1, 0.15) is 0 Å². The predicted molar refractivity (Wildman–Crippen MR) is 19.1 cm³/mol. The van der Waals surface area contributed by atoms with E-state index in [9.17, 15) is 0 Å². The third kappa shape index (κ3) is 1550. The molecule has 0 heterocycles. The summed E-state index contributed by atoms with van der Waals surface area (Å²) in [6, 6.07) is 0. The van der Waals surface area contributed by atoms with E-state index in [0.29, 0.717) is 0 Å². The molecular weight excluding hydrogens is 1600 g/mol. The molecule has 0 amide bonds. The molecule has 0 spiro atoms. The van der Waals surface area contributed by atoms with Crippen LogP contribution in [0.2, 0.25) is 0 Å². The minimum Gasteiger partial charge on any atom is 3.00 e. The van der Waals surface area contributed by atoms with Gasteiger partial charge in [-0.2, -0.15) is 0 Å². The van der Waals surface area contributed by atoms with Gasteiger partial charge in [0, 0.05) is 0 Å². The maximum absolute atomic E-state index is 8.58. The fourth-order valence-electron chi connectivity index (χ4n) is 0. The van der Waals surface area contributed by atoms with E-state index in [-0.39, 0.29) is 227 Å². The Labute approximate surface area is 535 Å². The van der Waals surface area contributed by atoms with Gasteiger partial charge in [0.05, 0.1) is 0 Å². The van der Waals surface area contributed by atoms with E-state index in [4.69, 9.17) is 118 Å². The van der Waals surface area contributed by atoms with Crippen LogP contribution in [0.3, 0.4) is 0 Å². The molecule has 0 aliphatic carbocycles. The Hall–Kier alpha value is 12.3. The summed E-state index contributed by atoms with van der Waals surface area (Å²) in [5, 5.41) is 0. The Bertz CT molecular complexity index is 565. The topological polar surface area (TPSA) is 695 Å². The quantitative estimate of drug-likeness (QED) is 0.203. The van der Waals surface area contributed by atoms with Gasteiger partial charge >= 0.3 is 550 Å².